The number of hydrogen-bond donors (Lipinski definition) is 0. The van der Waals surface area contributed by atoms with Gasteiger partial charge >= 0.3 is 0 Å². The van der Waals surface area contributed by atoms with Crippen molar-refractivity contribution in [1.82, 2.24) is 0 Å². The van der Waals surface area contributed by atoms with Crippen LogP contribution in [-0.4, -0.2) is 5.24 Å². The SMILES string of the molecule is O=C(Cl)/C=C/c1cc(Cl)c(OCc2ccc(Br)cc2)c(Br)c1. The zero-order valence-corrected chi connectivity index (χ0v) is 15.8. The second kappa shape index (κ2) is 8.16. The molecule has 0 N–H and O–H groups in total. The van der Waals surface area contributed by atoms with E-state index in [2.05, 4.69) is 31.9 Å². The lowest BCUT2D eigenvalue weighted by molar-refractivity contribution is -0.107. The minimum absolute atomic E-state index is 0.404. The molecule has 0 atom stereocenters. The molecule has 114 valence electrons. The number of carbonyl (C=O) groups excluding carboxylic acids is 1. The minimum atomic E-state index is -0.539. The molecule has 0 aliphatic carbocycles. The minimum Gasteiger partial charge on any atom is -0.486 e. The van der Waals surface area contributed by atoms with E-state index in [0.29, 0.717) is 21.9 Å². The predicted octanol–water partition coefficient (Wildman–Crippen LogP) is 6.22. The molecule has 0 saturated carbocycles. The van der Waals surface area contributed by atoms with Crippen molar-refractivity contribution in [3.63, 3.8) is 0 Å². The first-order valence-corrected chi connectivity index (χ1v) is 8.54. The average Bonchev–Trinajstić information content (AvgIpc) is 2.46. The van der Waals surface area contributed by atoms with Crippen molar-refractivity contribution in [2.24, 2.45) is 0 Å². The summed E-state index contributed by atoms with van der Waals surface area (Å²) in [6, 6.07) is 11.3. The van der Waals surface area contributed by atoms with Gasteiger partial charge in [0.05, 0.1) is 9.50 Å². The quantitative estimate of drug-likeness (QED) is 0.387. The van der Waals surface area contributed by atoms with Gasteiger partial charge in [0.25, 0.3) is 0 Å². The molecule has 2 rings (SSSR count). The van der Waals surface area contributed by atoms with Gasteiger partial charge in [-0.05, 0) is 69.0 Å². The highest BCUT2D eigenvalue weighted by atomic mass is 79.9. The second-order valence-electron chi connectivity index (χ2n) is 4.37. The first-order valence-electron chi connectivity index (χ1n) is 6.19. The van der Waals surface area contributed by atoms with E-state index >= 15 is 0 Å². The summed E-state index contributed by atoms with van der Waals surface area (Å²) in [6.45, 7) is 0.404. The van der Waals surface area contributed by atoms with Crippen molar-refractivity contribution in [1.29, 1.82) is 0 Å². The maximum atomic E-state index is 10.7. The average molecular weight is 465 g/mol. The van der Waals surface area contributed by atoms with Crippen molar-refractivity contribution in [3.8, 4) is 5.75 Å². The van der Waals surface area contributed by atoms with Gasteiger partial charge in [0, 0.05) is 4.47 Å². The number of allylic oxidation sites excluding steroid dienone is 1. The molecule has 2 nitrogen and oxygen atoms in total. The maximum absolute atomic E-state index is 10.7. The summed E-state index contributed by atoms with van der Waals surface area (Å²) in [7, 11) is 0. The Morgan fingerprint density at radius 3 is 2.45 bits per heavy atom. The third kappa shape index (κ3) is 5.13. The van der Waals surface area contributed by atoms with Crippen molar-refractivity contribution >= 4 is 66.4 Å². The maximum Gasteiger partial charge on any atom is 0.245 e. The molecule has 0 saturated heterocycles. The molecule has 6 heteroatoms. The van der Waals surface area contributed by atoms with Gasteiger partial charge in [-0.3, -0.25) is 4.79 Å². The highest BCUT2D eigenvalue weighted by Crippen LogP contribution is 2.35. The van der Waals surface area contributed by atoms with E-state index in [9.17, 15) is 4.79 Å². The van der Waals surface area contributed by atoms with Crippen LogP contribution in [0.5, 0.6) is 5.75 Å². The van der Waals surface area contributed by atoms with Gasteiger partial charge in [0.15, 0.2) is 5.75 Å². The fourth-order valence-corrected chi connectivity index (χ4v) is 3.03. The lowest BCUT2D eigenvalue weighted by atomic mass is 10.2. The van der Waals surface area contributed by atoms with Gasteiger partial charge in [-0.2, -0.15) is 0 Å². The van der Waals surface area contributed by atoms with Crippen LogP contribution in [0.1, 0.15) is 11.1 Å². The van der Waals surface area contributed by atoms with Crippen LogP contribution in [-0.2, 0) is 11.4 Å². The molecule has 22 heavy (non-hydrogen) atoms. The molecule has 0 unspecified atom stereocenters. The number of benzene rings is 2. The molecule has 0 radical (unpaired) electrons. The Hall–Kier alpha value is -0.810. The standard InChI is InChI=1S/C16H10Br2Cl2O2/c17-12-4-1-10(2-5-12)9-22-16-13(18)7-11(8-14(16)19)3-6-15(20)21/h1-8H,9H2/b6-3+. The van der Waals surface area contributed by atoms with Gasteiger partial charge in [-0.1, -0.05) is 45.7 Å². The molecule has 2 aromatic rings. The van der Waals surface area contributed by atoms with E-state index in [-0.39, 0.29) is 0 Å². The Bertz CT molecular complexity index is 690. The van der Waals surface area contributed by atoms with Crippen LogP contribution in [0.25, 0.3) is 6.08 Å². The molecule has 0 aromatic heterocycles. The zero-order valence-electron chi connectivity index (χ0n) is 11.2. The third-order valence-corrected chi connectivity index (χ3v) is 4.25. The molecular formula is C16H10Br2Cl2O2. The van der Waals surface area contributed by atoms with Gasteiger partial charge in [-0.25, -0.2) is 0 Å². The highest BCUT2D eigenvalue weighted by molar-refractivity contribution is 9.10. The summed E-state index contributed by atoms with van der Waals surface area (Å²) in [5.41, 5.74) is 1.78. The van der Waals surface area contributed by atoms with Crippen LogP contribution >= 0.6 is 55.1 Å². The Balaban J connectivity index is 2.14. The number of rotatable bonds is 5. The van der Waals surface area contributed by atoms with Crippen LogP contribution in [0.3, 0.4) is 0 Å². The van der Waals surface area contributed by atoms with Crippen LogP contribution < -0.4 is 4.74 Å². The second-order valence-corrected chi connectivity index (χ2v) is 6.92. The highest BCUT2D eigenvalue weighted by Gasteiger charge is 2.09. The van der Waals surface area contributed by atoms with Crippen molar-refractivity contribution < 1.29 is 9.53 Å². The number of hydrogen-bond acceptors (Lipinski definition) is 2. The van der Waals surface area contributed by atoms with Crippen molar-refractivity contribution in [3.05, 3.63) is 67.6 Å². The van der Waals surface area contributed by atoms with Crippen molar-refractivity contribution in [2.75, 3.05) is 0 Å². The molecule has 0 spiro atoms. The lowest BCUT2D eigenvalue weighted by Gasteiger charge is -2.11. The Morgan fingerprint density at radius 2 is 1.86 bits per heavy atom. The van der Waals surface area contributed by atoms with Gasteiger partial charge < -0.3 is 4.74 Å². The van der Waals surface area contributed by atoms with Crippen LogP contribution in [0.2, 0.25) is 5.02 Å². The van der Waals surface area contributed by atoms with E-state index in [1.807, 2.05) is 24.3 Å². The summed E-state index contributed by atoms with van der Waals surface area (Å²) in [5.74, 6) is 0.555. The molecule has 0 heterocycles. The first-order chi connectivity index (χ1) is 10.5. The summed E-state index contributed by atoms with van der Waals surface area (Å²) < 4.78 is 7.48. The zero-order chi connectivity index (χ0) is 16.1. The Morgan fingerprint density at radius 1 is 1.18 bits per heavy atom. The van der Waals surface area contributed by atoms with Crippen LogP contribution in [0.4, 0.5) is 0 Å². The summed E-state index contributed by atoms with van der Waals surface area (Å²) >= 11 is 18.3. The third-order valence-electron chi connectivity index (χ3n) is 2.72. The largest absolute Gasteiger partial charge is 0.486 e. The lowest BCUT2D eigenvalue weighted by Crippen LogP contribution is -1.97. The molecule has 0 amide bonds. The van der Waals surface area contributed by atoms with Crippen LogP contribution in [0, 0.1) is 0 Å². The van der Waals surface area contributed by atoms with Gasteiger partial charge in [0.1, 0.15) is 6.61 Å². The van der Waals surface area contributed by atoms with E-state index in [1.165, 1.54) is 6.08 Å². The first kappa shape index (κ1) is 17.5. The summed E-state index contributed by atoms with van der Waals surface area (Å²) in [4.78, 5) is 10.7. The molecule has 0 aliphatic rings. The molecular weight excluding hydrogens is 455 g/mol. The molecule has 0 fully saturated rings. The number of ether oxygens (including phenoxy) is 1. The van der Waals surface area contributed by atoms with Gasteiger partial charge in [0.2, 0.25) is 5.24 Å². The number of carbonyl (C=O) groups is 1. The van der Waals surface area contributed by atoms with E-state index in [0.717, 1.165) is 15.6 Å². The van der Waals surface area contributed by atoms with E-state index in [1.54, 1.807) is 18.2 Å². The molecule has 0 aliphatic heterocycles. The fourth-order valence-electron chi connectivity index (χ4n) is 1.71. The Kier molecular flexibility index (Phi) is 6.50. The molecule has 2 aromatic carbocycles. The number of halogens is 4. The normalized spacial score (nSPS) is 10.9. The molecule has 0 bridgehead atoms. The fraction of sp³-hybridized carbons (Fsp3) is 0.0625. The van der Waals surface area contributed by atoms with E-state index < -0.39 is 5.24 Å². The predicted molar refractivity (Wildman–Crippen MR) is 97.5 cm³/mol. The summed E-state index contributed by atoms with van der Waals surface area (Å²) in [5, 5.41) is -0.0871. The van der Waals surface area contributed by atoms with Crippen molar-refractivity contribution in [2.45, 2.75) is 6.61 Å². The monoisotopic (exact) mass is 462 g/mol. The topological polar surface area (TPSA) is 26.3 Å². The smallest absolute Gasteiger partial charge is 0.245 e. The van der Waals surface area contributed by atoms with E-state index in [4.69, 9.17) is 27.9 Å². The van der Waals surface area contributed by atoms with Crippen LogP contribution in [0.15, 0.2) is 51.4 Å². The van der Waals surface area contributed by atoms with Gasteiger partial charge in [-0.15, -0.1) is 0 Å². The summed E-state index contributed by atoms with van der Waals surface area (Å²) in [6.07, 6.45) is 2.85. The Labute approximate surface area is 155 Å².